The highest BCUT2D eigenvalue weighted by molar-refractivity contribution is 7.19. The molecule has 3 aromatic heterocycles. The van der Waals surface area contributed by atoms with Crippen molar-refractivity contribution in [2.45, 2.75) is 64.0 Å². The average molecular weight is 410 g/mol. The van der Waals surface area contributed by atoms with Gasteiger partial charge in [-0.05, 0) is 56.6 Å². The van der Waals surface area contributed by atoms with Crippen LogP contribution >= 0.6 is 11.3 Å². The van der Waals surface area contributed by atoms with Gasteiger partial charge in [0.25, 0.3) is 0 Å². The fourth-order valence-electron chi connectivity index (χ4n) is 4.70. The van der Waals surface area contributed by atoms with E-state index >= 15 is 0 Å². The Labute approximate surface area is 174 Å². The number of aryl methyl sites for hydroxylation is 3. The van der Waals surface area contributed by atoms with Crippen molar-refractivity contribution in [3.8, 4) is 0 Å². The van der Waals surface area contributed by atoms with Crippen LogP contribution in [-0.2, 0) is 24.1 Å². The lowest BCUT2D eigenvalue weighted by Gasteiger charge is -2.34. The standard InChI is InChI=1S/C22H27N5OS/c1-14-10-23-27(11-14)13-16-12-26(8-9-28-16)21-19-17-4-2-3-5-18(17)29-22(19)25-20(24-21)15-6-7-15/h10-11,15-16H,2-9,12-13H2,1H3. The van der Waals surface area contributed by atoms with E-state index in [1.54, 1.807) is 4.88 Å². The summed E-state index contributed by atoms with van der Waals surface area (Å²) in [5, 5.41) is 5.78. The first-order valence-electron chi connectivity index (χ1n) is 10.9. The van der Waals surface area contributed by atoms with Crippen LogP contribution in [0.5, 0.6) is 0 Å². The zero-order chi connectivity index (χ0) is 19.4. The van der Waals surface area contributed by atoms with Crippen molar-refractivity contribution in [3.63, 3.8) is 0 Å². The maximum Gasteiger partial charge on any atom is 0.141 e. The summed E-state index contributed by atoms with van der Waals surface area (Å²) in [5.74, 6) is 2.80. The van der Waals surface area contributed by atoms with Gasteiger partial charge < -0.3 is 9.64 Å². The van der Waals surface area contributed by atoms with Crippen LogP contribution in [0.2, 0.25) is 0 Å². The Morgan fingerprint density at radius 2 is 2.10 bits per heavy atom. The van der Waals surface area contributed by atoms with E-state index in [2.05, 4.69) is 23.1 Å². The Kier molecular flexibility index (Phi) is 4.34. The molecule has 2 fully saturated rings. The molecule has 3 aliphatic rings. The minimum absolute atomic E-state index is 0.131. The van der Waals surface area contributed by atoms with Crippen LogP contribution in [0.4, 0.5) is 5.82 Å². The highest BCUT2D eigenvalue weighted by atomic mass is 32.1. The van der Waals surface area contributed by atoms with E-state index in [1.807, 2.05) is 22.2 Å². The van der Waals surface area contributed by atoms with E-state index < -0.39 is 0 Å². The highest BCUT2D eigenvalue weighted by Gasteiger charge is 2.32. The number of aromatic nitrogens is 4. The topological polar surface area (TPSA) is 56.1 Å². The molecule has 1 atom stereocenters. The largest absolute Gasteiger partial charge is 0.373 e. The zero-order valence-electron chi connectivity index (χ0n) is 16.9. The molecule has 0 amide bonds. The van der Waals surface area contributed by atoms with Crippen molar-refractivity contribution in [1.82, 2.24) is 19.7 Å². The Hall–Kier alpha value is -1.99. The summed E-state index contributed by atoms with van der Waals surface area (Å²) in [6.07, 6.45) is 11.6. The van der Waals surface area contributed by atoms with E-state index in [1.165, 1.54) is 65.7 Å². The quantitative estimate of drug-likeness (QED) is 0.655. The summed E-state index contributed by atoms with van der Waals surface area (Å²) in [6.45, 7) is 5.36. The van der Waals surface area contributed by atoms with Crippen molar-refractivity contribution in [1.29, 1.82) is 0 Å². The molecule has 1 unspecified atom stereocenters. The number of ether oxygens (including phenoxy) is 1. The number of anilines is 1. The molecule has 0 N–H and O–H groups in total. The molecule has 1 saturated heterocycles. The van der Waals surface area contributed by atoms with Gasteiger partial charge in [0, 0.05) is 30.1 Å². The first-order chi connectivity index (χ1) is 14.2. The Morgan fingerprint density at radius 3 is 2.93 bits per heavy atom. The minimum Gasteiger partial charge on any atom is -0.373 e. The highest BCUT2D eigenvalue weighted by Crippen LogP contribution is 2.44. The zero-order valence-corrected chi connectivity index (χ0v) is 17.7. The molecule has 6 rings (SSSR count). The second kappa shape index (κ2) is 7.06. The maximum absolute atomic E-state index is 6.10. The number of thiophene rings is 1. The summed E-state index contributed by atoms with van der Waals surface area (Å²) in [5.41, 5.74) is 2.72. The molecular formula is C22H27N5OS. The van der Waals surface area contributed by atoms with Crippen LogP contribution in [0.3, 0.4) is 0 Å². The van der Waals surface area contributed by atoms with E-state index in [-0.39, 0.29) is 6.10 Å². The van der Waals surface area contributed by atoms with Gasteiger partial charge in [-0.3, -0.25) is 4.68 Å². The lowest BCUT2D eigenvalue weighted by atomic mass is 9.96. The SMILES string of the molecule is Cc1cnn(CC2CN(c3nc(C4CC4)nc4sc5c(c34)CCCC5)CCO2)c1. The molecule has 2 aliphatic carbocycles. The van der Waals surface area contributed by atoms with Gasteiger partial charge in [0.2, 0.25) is 0 Å². The number of fused-ring (bicyclic) bond motifs is 3. The van der Waals surface area contributed by atoms with E-state index in [0.717, 1.165) is 32.1 Å². The molecule has 7 heteroatoms. The maximum atomic E-state index is 6.10. The predicted octanol–water partition coefficient (Wildman–Crippen LogP) is 3.86. The summed E-state index contributed by atoms with van der Waals surface area (Å²) in [4.78, 5) is 15.4. The molecule has 152 valence electrons. The third kappa shape index (κ3) is 3.34. The first-order valence-corrected chi connectivity index (χ1v) is 11.7. The van der Waals surface area contributed by atoms with Crippen LogP contribution < -0.4 is 4.90 Å². The smallest absolute Gasteiger partial charge is 0.141 e. The van der Waals surface area contributed by atoms with Gasteiger partial charge in [-0.1, -0.05) is 0 Å². The lowest BCUT2D eigenvalue weighted by molar-refractivity contribution is 0.0272. The number of rotatable bonds is 4. The molecular weight excluding hydrogens is 382 g/mol. The van der Waals surface area contributed by atoms with E-state index in [0.29, 0.717) is 5.92 Å². The van der Waals surface area contributed by atoms with Crippen molar-refractivity contribution < 1.29 is 4.74 Å². The minimum atomic E-state index is 0.131. The third-order valence-electron chi connectivity index (χ3n) is 6.35. The number of hydrogen-bond donors (Lipinski definition) is 0. The van der Waals surface area contributed by atoms with Crippen molar-refractivity contribution in [2.75, 3.05) is 24.6 Å². The molecule has 0 aromatic carbocycles. The first kappa shape index (κ1) is 17.8. The van der Waals surface area contributed by atoms with Gasteiger partial charge in [-0.25, -0.2) is 9.97 Å². The third-order valence-corrected chi connectivity index (χ3v) is 7.53. The van der Waals surface area contributed by atoms with E-state index in [4.69, 9.17) is 14.7 Å². The van der Waals surface area contributed by atoms with Gasteiger partial charge in [-0.2, -0.15) is 5.10 Å². The summed E-state index contributed by atoms with van der Waals surface area (Å²) in [7, 11) is 0. The summed E-state index contributed by atoms with van der Waals surface area (Å²) < 4.78 is 8.10. The lowest BCUT2D eigenvalue weighted by Crippen LogP contribution is -2.45. The van der Waals surface area contributed by atoms with Crippen molar-refractivity contribution in [2.24, 2.45) is 0 Å². The number of nitrogens with zero attached hydrogens (tertiary/aromatic N) is 5. The van der Waals surface area contributed by atoms with Crippen LogP contribution in [0.25, 0.3) is 10.2 Å². The molecule has 0 bridgehead atoms. The normalized spacial score (nSPS) is 22.2. The van der Waals surface area contributed by atoms with Gasteiger partial charge >= 0.3 is 0 Å². The second-order valence-corrected chi connectivity index (χ2v) is 9.83. The molecule has 0 radical (unpaired) electrons. The molecule has 0 spiro atoms. The van der Waals surface area contributed by atoms with Crippen LogP contribution in [-0.4, -0.2) is 45.5 Å². The van der Waals surface area contributed by atoms with Crippen LogP contribution in [0, 0.1) is 6.92 Å². The molecule has 1 aliphatic heterocycles. The summed E-state index contributed by atoms with van der Waals surface area (Å²) >= 11 is 1.92. The fourth-order valence-corrected chi connectivity index (χ4v) is 5.97. The number of morpholine rings is 1. The van der Waals surface area contributed by atoms with Crippen molar-refractivity contribution in [3.05, 3.63) is 34.2 Å². The molecule has 3 aromatic rings. The van der Waals surface area contributed by atoms with Gasteiger partial charge in [0.15, 0.2) is 0 Å². The molecule has 29 heavy (non-hydrogen) atoms. The van der Waals surface area contributed by atoms with Gasteiger partial charge in [-0.15, -0.1) is 11.3 Å². The number of hydrogen-bond acceptors (Lipinski definition) is 6. The monoisotopic (exact) mass is 409 g/mol. The van der Waals surface area contributed by atoms with Gasteiger partial charge in [0.05, 0.1) is 30.8 Å². The van der Waals surface area contributed by atoms with E-state index in [9.17, 15) is 0 Å². The molecule has 4 heterocycles. The predicted molar refractivity (Wildman–Crippen MR) is 115 cm³/mol. The van der Waals surface area contributed by atoms with Crippen molar-refractivity contribution >= 4 is 27.4 Å². The van der Waals surface area contributed by atoms with Crippen LogP contribution in [0.15, 0.2) is 12.4 Å². The average Bonchev–Trinajstić information content (AvgIpc) is 3.41. The van der Waals surface area contributed by atoms with Crippen LogP contribution in [0.1, 0.15) is 53.4 Å². The second-order valence-electron chi connectivity index (χ2n) is 8.75. The Bertz CT molecular complexity index is 1050. The Morgan fingerprint density at radius 1 is 1.21 bits per heavy atom. The fraction of sp³-hybridized carbons (Fsp3) is 0.591. The van der Waals surface area contributed by atoms with Gasteiger partial charge in [0.1, 0.15) is 16.5 Å². The molecule has 6 nitrogen and oxygen atoms in total. The summed E-state index contributed by atoms with van der Waals surface area (Å²) in [6, 6.07) is 0. The Balaban J connectivity index is 1.36. The molecule has 1 saturated carbocycles.